The van der Waals surface area contributed by atoms with Crippen molar-refractivity contribution in [1.29, 1.82) is 0 Å². The number of aliphatic hydroxyl groups is 1. The topological polar surface area (TPSA) is 56.5 Å². The van der Waals surface area contributed by atoms with E-state index in [1.165, 1.54) is 0 Å². The Morgan fingerprint density at radius 2 is 2.06 bits per heavy atom. The predicted octanol–water partition coefficient (Wildman–Crippen LogP) is 1.46. The summed E-state index contributed by atoms with van der Waals surface area (Å²) in [6.45, 7) is 1.05. The first kappa shape index (κ1) is 12.4. The van der Waals surface area contributed by atoms with E-state index in [0.717, 1.165) is 0 Å². The van der Waals surface area contributed by atoms with Gasteiger partial charge in [0.15, 0.2) is 11.5 Å². The van der Waals surface area contributed by atoms with Crippen LogP contribution in [0.1, 0.15) is 5.82 Å². The van der Waals surface area contributed by atoms with Gasteiger partial charge in [0, 0.05) is 12.4 Å². The fourth-order valence-electron chi connectivity index (χ4n) is 1.69. The van der Waals surface area contributed by atoms with Crippen LogP contribution in [0.3, 0.4) is 0 Å². The van der Waals surface area contributed by atoms with E-state index >= 15 is 0 Å². The lowest BCUT2D eigenvalue weighted by Crippen LogP contribution is -2.10. The Morgan fingerprint density at radius 1 is 1.28 bits per heavy atom. The van der Waals surface area contributed by atoms with E-state index in [9.17, 15) is 0 Å². The second-order valence-electron chi connectivity index (χ2n) is 3.69. The van der Waals surface area contributed by atoms with Crippen molar-refractivity contribution < 1.29 is 14.6 Å². The summed E-state index contributed by atoms with van der Waals surface area (Å²) in [7, 11) is 1.61. The van der Waals surface area contributed by atoms with Crippen LogP contribution >= 0.6 is 0 Å². The highest BCUT2D eigenvalue weighted by molar-refractivity contribution is 5.39. The molecular weight excluding hydrogens is 232 g/mol. The minimum atomic E-state index is -0.0678. The van der Waals surface area contributed by atoms with Crippen LogP contribution in [0.15, 0.2) is 36.7 Å². The van der Waals surface area contributed by atoms with E-state index < -0.39 is 0 Å². The number of imidazole rings is 1. The molecule has 2 rings (SSSR count). The van der Waals surface area contributed by atoms with Crippen LogP contribution in [0.25, 0.3) is 0 Å². The average molecular weight is 248 g/mol. The van der Waals surface area contributed by atoms with Crippen LogP contribution in [0.4, 0.5) is 0 Å². The lowest BCUT2D eigenvalue weighted by atomic mass is 10.3. The molecule has 0 aliphatic carbocycles. The van der Waals surface area contributed by atoms with Gasteiger partial charge < -0.3 is 19.1 Å². The molecule has 0 spiro atoms. The van der Waals surface area contributed by atoms with E-state index in [4.69, 9.17) is 14.6 Å². The molecule has 0 amide bonds. The van der Waals surface area contributed by atoms with Crippen LogP contribution in [-0.2, 0) is 13.2 Å². The quantitative estimate of drug-likeness (QED) is 0.841. The summed E-state index contributed by atoms with van der Waals surface area (Å²) in [5, 5.41) is 9.06. The van der Waals surface area contributed by atoms with Gasteiger partial charge in [-0.15, -0.1) is 0 Å². The Hall–Kier alpha value is -2.01. The summed E-state index contributed by atoms with van der Waals surface area (Å²) in [4.78, 5) is 4.03. The Labute approximate surface area is 106 Å². The largest absolute Gasteiger partial charge is 0.493 e. The number of benzene rings is 1. The Balaban J connectivity index is 1.92. The maximum Gasteiger partial charge on any atom is 0.161 e. The maximum absolute atomic E-state index is 9.06. The third-order valence-corrected chi connectivity index (χ3v) is 2.60. The van der Waals surface area contributed by atoms with Crippen molar-refractivity contribution >= 4 is 0 Å². The molecule has 0 radical (unpaired) electrons. The van der Waals surface area contributed by atoms with Gasteiger partial charge in [-0.25, -0.2) is 4.98 Å². The third-order valence-electron chi connectivity index (χ3n) is 2.60. The van der Waals surface area contributed by atoms with Crippen molar-refractivity contribution in [1.82, 2.24) is 9.55 Å². The van der Waals surface area contributed by atoms with Crippen molar-refractivity contribution in [3.63, 3.8) is 0 Å². The van der Waals surface area contributed by atoms with Gasteiger partial charge in [-0.3, -0.25) is 0 Å². The van der Waals surface area contributed by atoms with E-state index in [0.29, 0.717) is 30.5 Å². The van der Waals surface area contributed by atoms with Crippen molar-refractivity contribution in [2.75, 3.05) is 13.7 Å². The molecule has 5 heteroatoms. The summed E-state index contributed by atoms with van der Waals surface area (Å²) in [5.41, 5.74) is 0. The van der Waals surface area contributed by atoms with Crippen LogP contribution in [0.2, 0.25) is 0 Å². The highest BCUT2D eigenvalue weighted by Crippen LogP contribution is 2.25. The third kappa shape index (κ3) is 2.81. The molecule has 1 aromatic heterocycles. The molecule has 1 aromatic carbocycles. The van der Waals surface area contributed by atoms with Gasteiger partial charge in [0.25, 0.3) is 0 Å². The van der Waals surface area contributed by atoms with Crippen LogP contribution < -0.4 is 9.47 Å². The molecule has 18 heavy (non-hydrogen) atoms. The Morgan fingerprint density at radius 3 is 2.78 bits per heavy atom. The first-order chi connectivity index (χ1) is 8.85. The number of hydrogen-bond acceptors (Lipinski definition) is 4. The fraction of sp³-hybridized carbons (Fsp3) is 0.308. The van der Waals surface area contributed by atoms with Crippen LogP contribution in [-0.4, -0.2) is 28.4 Å². The molecule has 0 aliphatic heterocycles. The summed E-state index contributed by atoms with van der Waals surface area (Å²) < 4.78 is 12.7. The number of rotatable bonds is 6. The standard InChI is InChI=1S/C13H16N2O3/c1-17-11-4-2-3-5-12(11)18-9-8-15-7-6-14-13(15)10-16/h2-7,16H,8-10H2,1H3. The van der Waals surface area contributed by atoms with E-state index in [1.807, 2.05) is 35.0 Å². The Kier molecular flexibility index (Phi) is 4.20. The second-order valence-corrected chi connectivity index (χ2v) is 3.69. The molecule has 0 fully saturated rings. The minimum Gasteiger partial charge on any atom is -0.493 e. The van der Waals surface area contributed by atoms with E-state index in [1.54, 1.807) is 13.3 Å². The monoisotopic (exact) mass is 248 g/mol. The zero-order chi connectivity index (χ0) is 12.8. The average Bonchev–Trinajstić information content (AvgIpc) is 2.87. The second kappa shape index (κ2) is 6.07. The molecule has 0 aliphatic rings. The summed E-state index contributed by atoms with van der Waals surface area (Å²) in [6, 6.07) is 7.51. The zero-order valence-electron chi connectivity index (χ0n) is 10.2. The van der Waals surface area contributed by atoms with E-state index in [2.05, 4.69) is 4.98 Å². The van der Waals surface area contributed by atoms with Crippen molar-refractivity contribution in [3.8, 4) is 11.5 Å². The maximum atomic E-state index is 9.06. The zero-order valence-corrected chi connectivity index (χ0v) is 10.2. The number of nitrogens with zero attached hydrogens (tertiary/aromatic N) is 2. The van der Waals surface area contributed by atoms with Crippen LogP contribution in [0, 0.1) is 0 Å². The smallest absolute Gasteiger partial charge is 0.161 e. The highest BCUT2D eigenvalue weighted by Gasteiger charge is 2.04. The van der Waals surface area contributed by atoms with Gasteiger partial charge in [0.1, 0.15) is 19.0 Å². The number of aromatic nitrogens is 2. The predicted molar refractivity (Wildman–Crippen MR) is 66.6 cm³/mol. The molecule has 0 saturated carbocycles. The number of hydrogen-bond donors (Lipinski definition) is 1. The summed E-state index contributed by atoms with van der Waals surface area (Å²) in [5.74, 6) is 2.06. The molecule has 96 valence electrons. The lowest BCUT2D eigenvalue weighted by Gasteiger charge is -2.11. The molecule has 1 N–H and O–H groups in total. The summed E-state index contributed by atoms with van der Waals surface area (Å²) in [6.07, 6.45) is 3.48. The van der Waals surface area contributed by atoms with Gasteiger partial charge >= 0.3 is 0 Å². The van der Waals surface area contributed by atoms with E-state index in [-0.39, 0.29) is 6.61 Å². The molecule has 2 aromatic rings. The fourth-order valence-corrected chi connectivity index (χ4v) is 1.69. The normalized spacial score (nSPS) is 10.3. The molecule has 0 unspecified atom stereocenters. The van der Waals surface area contributed by atoms with Crippen molar-refractivity contribution in [3.05, 3.63) is 42.5 Å². The highest BCUT2D eigenvalue weighted by atomic mass is 16.5. The Bertz CT molecular complexity index is 496. The molecule has 0 saturated heterocycles. The number of aliphatic hydroxyl groups excluding tert-OH is 1. The van der Waals surface area contributed by atoms with Gasteiger partial charge in [0.05, 0.1) is 13.7 Å². The van der Waals surface area contributed by atoms with Gasteiger partial charge in [-0.05, 0) is 12.1 Å². The molecule has 5 nitrogen and oxygen atoms in total. The molecular formula is C13H16N2O3. The lowest BCUT2D eigenvalue weighted by molar-refractivity contribution is 0.250. The first-order valence-electron chi connectivity index (χ1n) is 5.72. The molecule has 1 heterocycles. The first-order valence-corrected chi connectivity index (χ1v) is 5.72. The molecule has 0 atom stereocenters. The van der Waals surface area contributed by atoms with Crippen LogP contribution in [0.5, 0.6) is 11.5 Å². The molecule has 0 bridgehead atoms. The van der Waals surface area contributed by atoms with Crippen molar-refractivity contribution in [2.45, 2.75) is 13.2 Å². The van der Waals surface area contributed by atoms with Gasteiger partial charge in [-0.2, -0.15) is 0 Å². The number of methoxy groups -OCH3 is 1. The van der Waals surface area contributed by atoms with Crippen molar-refractivity contribution in [2.24, 2.45) is 0 Å². The van der Waals surface area contributed by atoms with Gasteiger partial charge in [0.2, 0.25) is 0 Å². The van der Waals surface area contributed by atoms with Gasteiger partial charge in [-0.1, -0.05) is 12.1 Å². The SMILES string of the molecule is COc1ccccc1OCCn1ccnc1CO. The number of para-hydroxylation sites is 2. The number of ether oxygens (including phenoxy) is 2. The minimum absolute atomic E-state index is 0.0678. The summed E-state index contributed by atoms with van der Waals surface area (Å²) >= 11 is 0.